The van der Waals surface area contributed by atoms with Gasteiger partial charge in [0.05, 0.1) is 25.5 Å². The van der Waals surface area contributed by atoms with E-state index < -0.39 is 11.9 Å². The van der Waals surface area contributed by atoms with Gasteiger partial charge in [0, 0.05) is 6.20 Å². The minimum Gasteiger partial charge on any atom is -0.465 e. The minimum atomic E-state index is -0.635. The van der Waals surface area contributed by atoms with Crippen molar-refractivity contribution in [3.05, 3.63) is 34.0 Å². The van der Waals surface area contributed by atoms with Crippen LogP contribution in [0.25, 0.3) is 0 Å². The number of nitrogens with one attached hydrogen (secondary N) is 1. The Kier molecular flexibility index (Phi) is 5.35. The van der Waals surface area contributed by atoms with Gasteiger partial charge in [0.2, 0.25) is 5.91 Å². The molecule has 9 heteroatoms. The third-order valence-electron chi connectivity index (χ3n) is 3.24. The van der Waals surface area contributed by atoms with Crippen molar-refractivity contribution in [3.8, 4) is 0 Å². The van der Waals surface area contributed by atoms with Gasteiger partial charge in [0.25, 0.3) is 0 Å². The first-order valence-corrected chi connectivity index (χ1v) is 7.79. The molecule has 0 fully saturated rings. The minimum absolute atomic E-state index is 0.0149. The van der Waals surface area contributed by atoms with E-state index in [9.17, 15) is 14.4 Å². The number of hydrogen-bond acceptors (Lipinski definition) is 7. The Balaban J connectivity index is 2.29. The Labute approximate surface area is 142 Å². The highest BCUT2D eigenvalue weighted by Crippen LogP contribution is 2.34. The second-order valence-corrected chi connectivity index (χ2v) is 5.97. The van der Waals surface area contributed by atoms with Crippen LogP contribution in [0.1, 0.15) is 31.3 Å². The summed E-state index contributed by atoms with van der Waals surface area (Å²) in [6.45, 7) is 3.40. The number of carbonyl (C=O) groups is 3. The smallest absolute Gasteiger partial charge is 0.348 e. The average Bonchev–Trinajstić information content (AvgIpc) is 3.09. The Morgan fingerprint density at radius 3 is 2.42 bits per heavy atom. The van der Waals surface area contributed by atoms with Crippen LogP contribution >= 0.6 is 11.3 Å². The molecule has 0 spiro atoms. The van der Waals surface area contributed by atoms with Crippen molar-refractivity contribution in [1.82, 2.24) is 9.78 Å². The van der Waals surface area contributed by atoms with Gasteiger partial charge in [-0.3, -0.25) is 9.48 Å². The number of amides is 1. The first kappa shape index (κ1) is 17.7. The molecule has 0 saturated heterocycles. The van der Waals surface area contributed by atoms with Crippen molar-refractivity contribution in [2.45, 2.75) is 20.4 Å². The number of aryl methyl sites for hydroxylation is 1. The Bertz CT molecular complexity index is 793. The second-order valence-electron chi connectivity index (χ2n) is 4.95. The molecule has 0 atom stereocenters. The molecule has 0 aliphatic rings. The van der Waals surface area contributed by atoms with Crippen molar-refractivity contribution >= 4 is 34.2 Å². The first-order chi connectivity index (χ1) is 11.4. The molecule has 24 heavy (non-hydrogen) atoms. The summed E-state index contributed by atoms with van der Waals surface area (Å²) in [5.74, 6) is -1.59. The van der Waals surface area contributed by atoms with Gasteiger partial charge in [-0.2, -0.15) is 5.10 Å². The molecule has 0 aliphatic heterocycles. The third kappa shape index (κ3) is 3.62. The van der Waals surface area contributed by atoms with Crippen LogP contribution in [0.5, 0.6) is 0 Å². The molecular weight excluding hydrogens is 334 g/mol. The molecule has 2 heterocycles. The number of thiophene rings is 1. The van der Waals surface area contributed by atoms with E-state index in [2.05, 4.69) is 10.4 Å². The molecule has 1 amide bonds. The fourth-order valence-electron chi connectivity index (χ4n) is 2.10. The zero-order valence-electron chi connectivity index (χ0n) is 13.7. The number of esters is 2. The maximum Gasteiger partial charge on any atom is 0.348 e. The summed E-state index contributed by atoms with van der Waals surface area (Å²) < 4.78 is 10.9. The maximum atomic E-state index is 12.2. The molecule has 8 nitrogen and oxygen atoms in total. The number of ether oxygens (including phenoxy) is 2. The molecule has 0 saturated carbocycles. The topological polar surface area (TPSA) is 99.5 Å². The Morgan fingerprint density at radius 2 is 1.88 bits per heavy atom. The van der Waals surface area contributed by atoms with Crippen LogP contribution in [0.15, 0.2) is 12.3 Å². The number of carbonyl (C=O) groups excluding carboxylic acids is 3. The number of rotatable bonds is 5. The third-order valence-corrected chi connectivity index (χ3v) is 4.43. The van der Waals surface area contributed by atoms with Crippen molar-refractivity contribution in [2.24, 2.45) is 0 Å². The van der Waals surface area contributed by atoms with Gasteiger partial charge in [-0.25, -0.2) is 9.59 Å². The molecule has 2 aromatic rings. The van der Waals surface area contributed by atoms with Crippen LogP contribution in [0.4, 0.5) is 5.00 Å². The molecular formula is C15H17N3O5S. The molecule has 0 bridgehead atoms. The SMILES string of the molecule is COC(=O)c1sc(NC(=O)Cn2ccc(C)n2)c(C(=O)OC)c1C. The molecule has 0 unspecified atom stereocenters. The highest BCUT2D eigenvalue weighted by Gasteiger charge is 2.26. The van der Waals surface area contributed by atoms with E-state index in [0.717, 1.165) is 17.0 Å². The zero-order valence-corrected chi connectivity index (χ0v) is 14.5. The molecule has 0 aromatic carbocycles. The van der Waals surface area contributed by atoms with Gasteiger partial charge in [-0.15, -0.1) is 11.3 Å². The standard InChI is InChI=1S/C15H17N3O5S/c1-8-5-6-18(17-8)7-10(19)16-13-11(14(20)22-3)9(2)12(24-13)15(21)23-4/h5-6H,7H2,1-4H3,(H,16,19). The van der Waals surface area contributed by atoms with Crippen LogP contribution in [0, 0.1) is 13.8 Å². The fourth-order valence-corrected chi connectivity index (χ4v) is 3.23. The van der Waals surface area contributed by atoms with Crippen molar-refractivity contribution in [3.63, 3.8) is 0 Å². The van der Waals surface area contributed by atoms with Crippen LogP contribution in [0.3, 0.4) is 0 Å². The summed E-state index contributed by atoms with van der Waals surface area (Å²) in [6, 6.07) is 1.78. The largest absolute Gasteiger partial charge is 0.465 e. The van der Waals surface area contributed by atoms with E-state index in [-0.39, 0.29) is 27.9 Å². The van der Waals surface area contributed by atoms with E-state index in [1.54, 1.807) is 19.2 Å². The van der Waals surface area contributed by atoms with Crippen LogP contribution in [-0.2, 0) is 20.8 Å². The molecule has 0 radical (unpaired) electrons. The quantitative estimate of drug-likeness (QED) is 0.824. The van der Waals surface area contributed by atoms with Gasteiger partial charge in [0.1, 0.15) is 16.4 Å². The van der Waals surface area contributed by atoms with Gasteiger partial charge in [0.15, 0.2) is 0 Å². The summed E-state index contributed by atoms with van der Waals surface area (Å²) in [7, 11) is 2.48. The molecule has 0 aliphatic carbocycles. The molecule has 2 rings (SSSR count). The number of anilines is 1. The van der Waals surface area contributed by atoms with Gasteiger partial charge in [-0.05, 0) is 25.5 Å². The van der Waals surface area contributed by atoms with E-state index in [4.69, 9.17) is 9.47 Å². The highest BCUT2D eigenvalue weighted by molar-refractivity contribution is 7.18. The highest BCUT2D eigenvalue weighted by atomic mass is 32.1. The summed E-state index contributed by atoms with van der Waals surface area (Å²) >= 11 is 0.970. The lowest BCUT2D eigenvalue weighted by Crippen LogP contribution is -2.20. The van der Waals surface area contributed by atoms with Crippen molar-refractivity contribution in [1.29, 1.82) is 0 Å². The van der Waals surface area contributed by atoms with E-state index in [0.29, 0.717) is 5.56 Å². The van der Waals surface area contributed by atoms with Gasteiger partial charge >= 0.3 is 11.9 Å². The van der Waals surface area contributed by atoms with Gasteiger partial charge in [-0.1, -0.05) is 0 Å². The Morgan fingerprint density at radius 1 is 1.21 bits per heavy atom. The van der Waals surface area contributed by atoms with E-state index >= 15 is 0 Å². The number of methoxy groups -OCH3 is 2. The predicted molar refractivity (Wildman–Crippen MR) is 87.3 cm³/mol. The van der Waals surface area contributed by atoms with Crippen LogP contribution in [-0.4, -0.2) is 41.8 Å². The van der Waals surface area contributed by atoms with E-state index in [1.807, 2.05) is 6.92 Å². The first-order valence-electron chi connectivity index (χ1n) is 6.97. The van der Waals surface area contributed by atoms with E-state index in [1.165, 1.54) is 18.9 Å². The van der Waals surface area contributed by atoms with Crippen LogP contribution < -0.4 is 5.32 Å². The molecule has 2 aromatic heterocycles. The number of aromatic nitrogens is 2. The Hall–Kier alpha value is -2.68. The van der Waals surface area contributed by atoms with Gasteiger partial charge < -0.3 is 14.8 Å². The maximum absolute atomic E-state index is 12.2. The summed E-state index contributed by atoms with van der Waals surface area (Å²) in [5.41, 5.74) is 1.34. The summed E-state index contributed by atoms with van der Waals surface area (Å²) in [4.78, 5) is 36.2. The van der Waals surface area contributed by atoms with Crippen molar-refractivity contribution < 1.29 is 23.9 Å². The summed E-state index contributed by atoms with van der Waals surface area (Å²) in [5, 5.41) is 7.00. The molecule has 128 valence electrons. The summed E-state index contributed by atoms with van der Waals surface area (Å²) in [6.07, 6.45) is 1.68. The number of hydrogen-bond donors (Lipinski definition) is 1. The molecule has 1 N–H and O–H groups in total. The zero-order chi connectivity index (χ0) is 17.9. The lowest BCUT2D eigenvalue weighted by Gasteiger charge is -2.06. The number of nitrogens with zero attached hydrogens (tertiary/aromatic N) is 2. The normalized spacial score (nSPS) is 10.3. The lowest BCUT2D eigenvalue weighted by atomic mass is 10.1. The monoisotopic (exact) mass is 351 g/mol. The lowest BCUT2D eigenvalue weighted by molar-refractivity contribution is -0.116. The average molecular weight is 351 g/mol. The predicted octanol–water partition coefficient (Wildman–Crippen LogP) is 1.77. The fraction of sp³-hybridized carbons (Fsp3) is 0.333. The second kappa shape index (κ2) is 7.26. The van der Waals surface area contributed by atoms with Crippen molar-refractivity contribution in [2.75, 3.05) is 19.5 Å². The van der Waals surface area contributed by atoms with Crippen LogP contribution in [0.2, 0.25) is 0 Å².